The van der Waals surface area contributed by atoms with Gasteiger partial charge in [-0.05, 0) is 17.7 Å². The van der Waals surface area contributed by atoms with Gasteiger partial charge in [0.15, 0.2) is 5.16 Å². The summed E-state index contributed by atoms with van der Waals surface area (Å²) in [6, 6.07) is 16.5. The largest absolute Gasteiger partial charge is 0.324 e. The third-order valence-corrected chi connectivity index (χ3v) is 5.87. The van der Waals surface area contributed by atoms with Crippen LogP contribution in [0.3, 0.4) is 0 Å². The van der Waals surface area contributed by atoms with Crippen LogP contribution in [-0.4, -0.2) is 21.8 Å². The van der Waals surface area contributed by atoms with Gasteiger partial charge in [-0.2, -0.15) is 0 Å². The third-order valence-electron chi connectivity index (χ3n) is 4.60. The van der Waals surface area contributed by atoms with E-state index < -0.39 is 17.4 Å². The van der Waals surface area contributed by atoms with Gasteiger partial charge in [-0.1, -0.05) is 65.8 Å². The fraction of sp³-hybridized carbons (Fsp3) is 0.143. The summed E-state index contributed by atoms with van der Waals surface area (Å²) in [7, 11) is 0. The Hall–Kier alpha value is -3.10. The highest BCUT2D eigenvalue weighted by atomic mass is 35.5. The van der Waals surface area contributed by atoms with Crippen LogP contribution in [0.5, 0.6) is 0 Å². The molecule has 30 heavy (non-hydrogen) atoms. The molecule has 1 aromatic heterocycles. The molecule has 2 aromatic carbocycles. The topological polar surface area (TPSA) is 104 Å². The lowest BCUT2D eigenvalue weighted by molar-refractivity contribution is -0.123. The van der Waals surface area contributed by atoms with Gasteiger partial charge in [0.2, 0.25) is 11.8 Å². The van der Waals surface area contributed by atoms with Gasteiger partial charge in [0, 0.05) is 12.2 Å². The van der Waals surface area contributed by atoms with Crippen molar-refractivity contribution in [3.05, 3.63) is 81.1 Å². The van der Waals surface area contributed by atoms with Gasteiger partial charge in [0.25, 0.3) is 5.56 Å². The number of aromatic amines is 1. The molecular weight excluding hydrogens is 424 g/mol. The number of hydrogen-bond acceptors (Lipinski definition) is 5. The maximum Gasteiger partial charge on any atom is 0.257 e. The summed E-state index contributed by atoms with van der Waals surface area (Å²) in [6.45, 7) is 0. The first-order chi connectivity index (χ1) is 14.5. The van der Waals surface area contributed by atoms with E-state index in [1.54, 1.807) is 24.3 Å². The molecule has 0 saturated carbocycles. The SMILES string of the molecule is O=C1C[C@H](C(=O)Nc2ccccc2Cl)c2c(nc(SCc3ccccc3)[nH]c2=O)N1. The monoisotopic (exact) mass is 440 g/mol. The Labute approximate surface area is 181 Å². The summed E-state index contributed by atoms with van der Waals surface area (Å²) in [5, 5.41) is 6.04. The third kappa shape index (κ3) is 4.39. The molecule has 152 valence electrons. The average Bonchev–Trinajstić information content (AvgIpc) is 2.73. The molecule has 1 aliphatic rings. The second-order valence-electron chi connectivity index (χ2n) is 6.68. The number of rotatable bonds is 5. The first-order valence-corrected chi connectivity index (χ1v) is 10.5. The Morgan fingerprint density at radius 1 is 1.13 bits per heavy atom. The summed E-state index contributed by atoms with van der Waals surface area (Å²) in [4.78, 5) is 44.9. The molecular formula is C21H17ClN4O3S. The van der Waals surface area contributed by atoms with Crippen LogP contribution in [0.25, 0.3) is 0 Å². The molecule has 2 heterocycles. The van der Waals surface area contributed by atoms with E-state index in [2.05, 4.69) is 20.6 Å². The highest BCUT2D eigenvalue weighted by molar-refractivity contribution is 7.98. The number of nitrogens with one attached hydrogen (secondary N) is 3. The van der Waals surface area contributed by atoms with E-state index in [9.17, 15) is 14.4 Å². The summed E-state index contributed by atoms with van der Waals surface area (Å²) in [6.07, 6.45) is -0.148. The summed E-state index contributed by atoms with van der Waals surface area (Å²) in [5.74, 6) is -1.11. The van der Waals surface area contributed by atoms with E-state index in [4.69, 9.17) is 11.6 Å². The number of halogens is 1. The number of para-hydroxylation sites is 1. The number of benzene rings is 2. The minimum Gasteiger partial charge on any atom is -0.324 e. The summed E-state index contributed by atoms with van der Waals surface area (Å²) >= 11 is 7.44. The van der Waals surface area contributed by atoms with E-state index >= 15 is 0 Å². The highest BCUT2D eigenvalue weighted by Gasteiger charge is 2.35. The maximum absolute atomic E-state index is 12.8. The summed E-state index contributed by atoms with van der Waals surface area (Å²) < 4.78 is 0. The van der Waals surface area contributed by atoms with Crippen LogP contribution in [0.15, 0.2) is 64.5 Å². The molecule has 3 aromatic rings. The molecule has 0 bridgehead atoms. The van der Waals surface area contributed by atoms with Crippen molar-refractivity contribution in [3.63, 3.8) is 0 Å². The average molecular weight is 441 g/mol. The van der Waals surface area contributed by atoms with E-state index in [-0.39, 0.29) is 23.7 Å². The quantitative estimate of drug-likeness (QED) is 0.413. The summed E-state index contributed by atoms with van der Waals surface area (Å²) in [5.41, 5.74) is 1.18. The first kappa shape index (κ1) is 20.2. The molecule has 1 atom stereocenters. The standard InChI is InChI=1S/C21H17ClN4O3S/c22-14-8-4-5-9-15(14)23-19(28)13-10-16(27)24-18-17(13)20(29)26-21(25-18)30-11-12-6-2-1-3-7-12/h1-9,13H,10-11H2,(H,23,28)(H2,24,25,26,27,29)/t13-/m0/s1. The molecule has 1 aliphatic heterocycles. The molecule has 9 heteroatoms. The Morgan fingerprint density at radius 3 is 2.63 bits per heavy atom. The Balaban J connectivity index is 1.59. The predicted octanol–water partition coefficient (Wildman–Crippen LogP) is 3.78. The lowest BCUT2D eigenvalue weighted by Gasteiger charge is -2.23. The molecule has 0 radical (unpaired) electrons. The molecule has 3 N–H and O–H groups in total. The highest BCUT2D eigenvalue weighted by Crippen LogP contribution is 2.31. The van der Waals surface area contributed by atoms with Crippen molar-refractivity contribution in [1.82, 2.24) is 9.97 Å². The van der Waals surface area contributed by atoms with Crippen molar-refractivity contribution in [2.45, 2.75) is 23.2 Å². The number of thioether (sulfide) groups is 1. The van der Waals surface area contributed by atoms with Crippen molar-refractivity contribution < 1.29 is 9.59 Å². The van der Waals surface area contributed by atoms with Gasteiger partial charge in [0.05, 0.1) is 22.2 Å². The number of anilines is 2. The molecule has 2 amide bonds. The fourth-order valence-corrected chi connectivity index (χ4v) is 4.15. The lowest BCUT2D eigenvalue weighted by Crippen LogP contribution is -2.36. The smallest absolute Gasteiger partial charge is 0.257 e. The van der Waals surface area contributed by atoms with Gasteiger partial charge < -0.3 is 15.6 Å². The van der Waals surface area contributed by atoms with Crippen LogP contribution < -0.4 is 16.2 Å². The zero-order valence-electron chi connectivity index (χ0n) is 15.6. The van der Waals surface area contributed by atoms with Crippen LogP contribution in [0.1, 0.15) is 23.5 Å². The maximum atomic E-state index is 12.8. The van der Waals surface area contributed by atoms with Crippen LogP contribution in [0, 0.1) is 0 Å². The molecule has 0 unspecified atom stereocenters. The van der Waals surface area contributed by atoms with Crippen molar-refractivity contribution in [1.29, 1.82) is 0 Å². The number of carbonyl (C=O) groups is 2. The van der Waals surface area contributed by atoms with Gasteiger partial charge in [-0.25, -0.2) is 4.98 Å². The van der Waals surface area contributed by atoms with Crippen molar-refractivity contribution in [3.8, 4) is 0 Å². The predicted molar refractivity (Wildman–Crippen MR) is 117 cm³/mol. The molecule has 0 saturated heterocycles. The van der Waals surface area contributed by atoms with Crippen molar-refractivity contribution in [2.24, 2.45) is 0 Å². The minimum absolute atomic E-state index is 0.116. The van der Waals surface area contributed by atoms with Crippen LogP contribution in [-0.2, 0) is 15.3 Å². The number of H-pyrrole nitrogens is 1. The van der Waals surface area contributed by atoms with Crippen molar-refractivity contribution >= 4 is 46.7 Å². The first-order valence-electron chi connectivity index (χ1n) is 9.17. The second kappa shape index (κ2) is 8.73. The van der Waals surface area contributed by atoms with Gasteiger partial charge in [-0.3, -0.25) is 14.4 Å². The van der Waals surface area contributed by atoms with Crippen LogP contribution >= 0.6 is 23.4 Å². The Kier molecular flexibility index (Phi) is 5.87. The number of amides is 2. The number of carbonyl (C=O) groups excluding carboxylic acids is 2. The number of aromatic nitrogens is 2. The fourth-order valence-electron chi connectivity index (χ4n) is 3.15. The molecule has 7 nitrogen and oxygen atoms in total. The lowest BCUT2D eigenvalue weighted by atomic mass is 9.92. The molecule has 0 aliphatic carbocycles. The van der Waals surface area contributed by atoms with Gasteiger partial charge >= 0.3 is 0 Å². The number of hydrogen-bond donors (Lipinski definition) is 3. The Bertz CT molecular complexity index is 1170. The van der Waals surface area contributed by atoms with E-state index in [0.717, 1.165) is 5.56 Å². The molecule has 4 rings (SSSR count). The van der Waals surface area contributed by atoms with Crippen LogP contribution in [0.4, 0.5) is 11.5 Å². The number of fused-ring (bicyclic) bond motifs is 1. The minimum atomic E-state index is -0.963. The Morgan fingerprint density at radius 2 is 1.87 bits per heavy atom. The van der Waals surface area contributed by atoms with E-state index in [0.29, 0.717) is 21.6 Å². The van der Waals surface area contributed by atoms with Gasteiger partial charge in [-0.15, -0.1) is 0 Å². The molecule has 0 spiro atoms. The second-order valence-corrected chi connectivity index (χ2v) is 8.05. The zero-order chi connectivity index (χ0) is 21.1. The van der Waals surface area contributed by atoms with Crippen molar-refractivity contribution in [2.75, 3.05) is 10.6 Å². The van der Waals surface area contributed by atoms with E-state index in [1.165, 1.54) is 11.8 Å². The zero-order valence-corrected chi connectivity index (χ0v) is 17.2. The van der Waals surface area contributed by atoms with E-state index in [1.807, 2.05) is 30.3 Å². The number of nitrogens with zero attached hydrogens (tertiary/aromatic N) is 1. The van der Waals surface area contributed by atoms with Crippen LogP contribution in [0.2, 0.25) is 5.02 Å². The normalized spacial score (nSPS) is 15.2. The van der Waals surface area contributed by atoms with Gasteiger partial charge in [0.1, 0.15) is 5.82 Å². The molecule has 0 fully saturated rings.